The van der Waals surface area contributed by atoms with Crippen LogP contribution < -0.4 is 10.6 Å². The van der Waals surface area contributed by atoms with Gasteiger partial charge in [-0.15, -0.1) is 0 Å². The molecule has 2 aromatic rings. The topological polar surface area (TPSA) is 57.9 Å². The number of H-pyrrole nitrogens is 1. The minimum Gasteiger partial charge on any atom is -0.368 e. The molecule has 1 fully saturated rings. The molecule has 0 bridgehead atoms. The monoisotopic (exact) mass is 308 g/mol. The molecule has 0 aromatic carbocycles. The van der Waals surface area contributed by atoms with Crippen molar-refractivity contribution >= 4 is 32.7 Å². The summed E-state index contributed by atoms with van der Waals surface area (Å²) in [5, 5.41) is 1.15. The molecular weight excluding hydrogens is 292 g/mol. The molecule has 96 valence electrons. The van der Waals surface area contributed by atoms with E-state index in [4.69, 9.17) is 5.73 Å². The van der Waals surface area contributed by atoms with Crippen molar-refractivity contribution in [2.45, 2.75) is 25.3 Å². The van der Waals surface area contributed by atoms with Crippen LogP contribution in [0.25, 0.3) is 11.0 Å². The summed E-state index contributed by atoms with van der Waals surface area (Å²) < 4.78 is 1.03. The van der Waals surface area contributed by atoms with Gasteiger partial charge in [-0.1, -0.05) is 0 Å². The Bertz CT molecular complexity index is 575. The average Bonchev–Trinajstić information content (AvgIpc) is 2.75. The van der Waals surface area contributed by atoms with Gasteiger partial charge >= 0.3 is 0 Å². The number of hydrogen-bond acceptors (Lipinski definition) is 3. The van der Waals surface area contributed by atoms with Crippen LogP contribution in [0, 0.1) is 0 Å². The van der Waals surface area contributed by atoms with Gasteiger partial charge in [0.05, 0.1) is 10.2 Å². The zero-order valence-corrected chi connectivity index (χ0v) is 12.0. The molecule has 0 spiro atoms. The highest BCUT2D eigenvalue weighted by Gasteiger charge is 2.28. The van der Waals surface area contributed by atoms with E-state index < -0.39 is 0 Å². The summed E-state index contributed by atoms with van der Waals surface area (Å²) in [6, 6.07) is 2.07. The number of nitrogens with one attached hydrogen (secondary N) is 1. The number of nitrogens with zero attached hydrogens (tertiary/aromatic N) is 2. The molecular formula is C13H17BrN4. The molecule has 1 aliphatic rings. The van der Waals surface area contributed by atoms with E-state index in [1.165, 1.54) is 5.69 Å². The van der Waals surface area contributed by atoms with Crippen LogP contribution in [-0.4, -0.2) is 28.6 Å². The SMILES string of the molecule is CC1(N)CCCN(c2c(Br)cnc3[nH]ccc23)C1. The van der Waals surface area contributed by atoms with Crippen molar-refractivity contribution in [3.05, 3.63) is 22.9 Å². The van der Waals surface area contributed by atoms with E-state index in [-0.39, 0.29) is 5.54 Å². The normalized spacial score (nSPS) is 24.7. The maximum Gasteiger partial charge on any atom is 0.139 e. The van der Waals surface area contributed by atoms with Crippen molar-refractivity contribution in [3.8, 4) is 0 Å². The maximum absolute atomic E-state index is 6.29. The van der Waals surface area contributed by atoms with E-state index in [1.807, 2.05) is 12.4 Å². The molecule has 3 N–H and O–H groups in total. The van der Waals surface area contributed by atoms with Crippen LogP contribution in [0.5, 0.6) is 0 Å². The summed E-state index contributed by atoms with van der Waals surface area (Å²) >= 11 is 3.62. The number of halogens is 1. The van der Waals surface area contributed by atoms with Gasteiger partial charge in [-0.2, -0.15) is 0 Å². The number of fused-ring (bicyclic) bond motifs is 1. The van der Waals surface area contributed by atoms with Crippen LogP contribution in [0.3, 0.4) is 0 Å². The first-order chi connectivity index (χ1) is 8.57. The van der Waals surface area contributed by atoms with Crippen LogP contribution >= 0.6 is 15.9 Å². The molecule has 0 radical (unpaired) electrons. The Morgan fingerprint density at radius 3 is 3.17 bits per heavy atom. The largest absolute Gasteiger partial charge is 0.368 e. The van der Waals surface area contributed by atoms with Crippen molar-refractivity contribution in [3.63, 3.8) is 0 Å². The lowest BCUT2D eigenvalue weighted by Gasteiger charge is -2.39. The van der Waals surface area contributed by atoms with E-state index in [2.05, 4.69) is 43.8 Å². The van der Waals surface area contributed by atoms with E-state index in [9.17, 15) is 0 Å². The van der Waals surface area contributed by atoms with Gasteiger partial charge in [0.25, 0.3) is 0 Å². The average molecular weight is 309 g/mol. The van der Waals surface area contributed by atoms with Gasteiger partial charge in [-0.3, -0.25) is 0 Å². The third-order valence-electron chi connectivity index (χ3n) is 3.56. The van der Waals surface area contributed by atoms with Gasteiger partial charge in [0.1, 0.15) is 5.65 Å². The molecule has 0 aliphatic carbocycles. The summed E-state index contributed by atoms with van der Waals surface area (Å²) in [5.74, 6) is 0. The van der Waals surface area contributed by atoms with Gasteiger partial charge < -0.3 is 15.6 Å². The first-order valence-corrected chi connectivity index (χ1v) is 7.01. The minimum atomic E-state index is -0.108. The van der Waals surface area contributed by atoms with Crippen LogP contribution in [-0.2, 0) is 0 Å². The number of aromatic amines is 1. The fourth-order valence-corrected chi connectivity index (χ4v) is 3.32. The Morgan fingerprint density at radius 1 is 1.56 bits per heavy atom. The zero-order chi connectivity index (χ0) is 12.8. The molecule has 2 aromatic heterocycles. The van der Waals surface area contributed by atoms with Crippen LogP contribution in [0.1, 0.15) is 19.8 Å². The van der Waals surface area contributed by atoms with Crippen LogP contribution in [0.15, 0.2) is 22.9 Å². The van der Waals surface area contributed by atoms with Crippen molar-refractivity contribution in [2.75, 3.05) is 18.0 Å². The van der Waals surface area contributed by atoms with E-state index in [1.54, 1.807) is 0 Å². The number of anilines is 1. The molecule has 3 rings (SSSR count). The highest BCUT2D eigenvalue weighted by Crippen LogP contribution is 2.35. The Balaban J connectivity index is 2.07. The summed E-state index contributed by atoms with van der Waals surface area (Å²) in [6.07, 6.45) is 6.01. The van der Waals surface area contributed by atoms with E-state index >= 15 is 0 Å². The van der Waals surface area contributed by atoms with Gasteiger partial charge in [-0.25, -0.2) is 4.98 Å². The third-order valence-corrected chi connectivity index (χ3v) is 4.14. The van der Waals surface area contributed by atoms with Crippen molar-refractivity contribution < 1.29 is 0 Å². The Labute approximate surface area is 115 Å². The first kappa shape index (κ1) is 12.0. The molecule has 5 heteroatoms. The summed E-state index contributed by atoms with van der Waals surface area (Å²) in [4.78, 5) is 9.90. The predicted molar refractivity (Wildman–Crippen MR) is 77.8 cm³/mol. The number of hydrogen-bond donors (Lipinski definition) is 2. The second-order valence-corrected chi connectivity index (χ2v) is 6.23. The summed E-state index contributed by atoms with van der Waals surface area (Å²) in [5.41, 5.74) is 8.32. The third kappa shape index (κ3) is 2.01. The number of piperidine rings is 1. The quantitative estimate of drug-likeness (QED) is 0.851. The lowest BCUT2D eigenvalue weighted by atomic mass is 9.92. The Kier molecular flexibility index (Phi) is 2.83. The standard InChI is InChI=1S/C13H17BrN4/c1-13(15)4-2-6-18(8-13)11-9-3-5-16-12(9)17-7-10(11)14/h3,5,7H,2,4,6,8,15H2,1H3,(H,16,17). The van der Waals surface area contributed by atoms with Gasteiger partial charge in [0.15, 0.2) is 0 Å². The summed E-state index contributed by atoms with van der Waals surface area (Å²) in [6.45, 7) is 4.06. The molecule has 1 unspecified atom stereocenters. The maximum atomic E-state index is 6.29. The van der Waals surface area contributed by atoms with Gasteiger partial charge in [-0.05, 0) is 41.8 Å². The first-order valence-electron chi connectivity index (χ1n) is 6.22. The molecule has 4 nitrogen and oxygen atoms in total. The minimum absolute atomic E-state index is 0.108. The Morgan fingerprint density at radius 2 is 2.39 bits per heavy atom. The second-order valence-electron chi connectivity index (χ2n) is 5.37. The number of nitrogens with two attached hydrogens (primary N) is 1. The Hall–Kier alpha value is -1.07. The highest BCUT2D eigenvalue weighted by atomic mass is 79.9. The number of pyridine rings is 1. The molecule has 1 atom stereocenters. The van der Waals surface area contributed by atoms with E-state index in [0.29, 0.717) is 0 Å². The lowest BCUT2D eigenvalue weighted by molar-refractivity contribution is 0.375. The van der Waals surface area contributed by atoms with Gasteiger partial charge in [0, 0.05) is 36.4 Å². The number of aromatic nitrogens is 2. The molecule has 0 saturated carbocycles. The van der Waals surface area contributed by atoms with Crippen LogP contribution in [0.2, 0.25) is 0 Å². The number of rotatable bonds is 1. The predicted octanol–water partition coefficient (Wildman–Crippen LogP) is 2.64. The van der Waals surface area contributed by atoms with Crippen LogP contribution in [0.4, 0.5) is 5.69 Å². The lowest BCUT2D eigenvalue weighted by Crippen LogP contribution is -2.52. The van der Waals surface area contributed by atoms with Crippen molar-refractivity contribution in [2.24, 2.45) is 5.73 Å². The molecule has 18 heavy (non-hydrogen) atoms. The molecule has 1 aliphatic heterocycles. The van der Waals surface area contributed by atoms with Crippen molar-refractivity contribution in [1.82, 2.24) is 9.97 Å². The summed E-state index contributed by atoms with van der Waals surface area (Å²) in [7, 11) is 0. The fourth-order valence-electron chi connectivity index (χ4n) is 2.75. The fraction of sp³-hybridized carbons (Fsp3) is 0.462. The van der Waals surface area contributed by atoms with E-state index in [0.717, 1.165) is 41.4 Å². The zero-order valence-electron chi connectivity index (χ0n) is 10.4. The highest BCUT2D eigenvalue weighted by molar-refractivity contribution is 9.10. The molecule has 3 heterocycles. The van der Waals surface area contributed by atoms with Crippen molar-refractivity contribution in [1.29, 1.82) is 0 Å². The second kappa shape index (κ2) is 4.24. The molecule has 0 amide bonds. The smallest absolute Gasteiger partial charge is 0.139 e. The molecule has 1 saturated heterocycles. The van der Waals surface area contributed by atoms with Gasteiger partial charge in [0.2, 0.25) is 0 Å².